The van der Waals surface area contributed by atoms with Gasteiger partial charge < -0.3 is 21.4 Å². The Balaban J connectivity index is 1.70. The summed E-state index contributed by atoms with van der Waals surface area (Å²) < 4.78 is 2.10. The van der Waals surface area contributed by atoms with Crippen LogP contribution in [0.5, 0.6) is 0 Å². The minimum atomic E-state index is 0.150. The summed E-state index contributed by atoms with van der Waals surface area (Å²) in [4.78, 5) is 13.2. The van der Waals surface area contributed by atoms with Gasteiger partial charge in [-0.1, -0.05) is 0 Å². The first-order chi connectivity index (χ1) is 14.0. The Bertz CT molecular complexity index is 1090. The topological polar surface area (TPSA) is 131 Å². The molecule has 0 radical (unpaired) electrons. The Morgan fingerprint density at radius 3 is 2.72 bits per heavy atom. The molecule has 0 saturated heterocycles. The fourth-order valence-corrected chi connectivity index (χ4v) is 4.19. The lowest BCUT2D eigenvalue weighted by Crippen LogP contribution is -2.26. The van der Waals surface area contributed by atoms with Gasteiger partial charge in [-0.15, -0.1) is 0 Å². The Kier molecular flexibility index (Phi) is 5.07. The fraction of sp³-hybridized carbons (Fsp3) is 0.429. The van der Waals surface area contributed by atoms with Crippen molar-refractivity contribution in [3.05, 3.63) is 40.8 Å². The maximum Gasteiger partial charge on any atom is 0.222 e. The predicted octanol–water partition coefficient (Wildman–Crippen LogP) is 2.72. The zero-order chi connectivity index (χ0) is 20.5. The molecule has 1 saturated carbocycles. The summed E-state index contributed by atoms with van der Waals surface area (Å²) in [6.07, 6.45) is 6.22. The number of nitrogens with two attached hydrogens (primary N) is 2. The largest absolute Gasteiger partial charge is 0.368 e. The number of rotatable bonds is 4. The predicted molar refractivity (Wildman–Crippen MR) is 113 cm³/mol. The van der Waals surface area contributed by atoms with Gasteiger partial charge in [0.05, 0.1) is 29.0 Å². The minimum absolute atomic E-state index is 0.150. The maximum absolute atomic E-state index is 9.47. The van der Waals surface area contributed by atoms with Gasteiger partial charge in [-0.3, -0.25) is 0 Å². The molecule has 0 bridgehead atoms. The Morgan fingerprint density at radius 1 is 1.24 bits per heavy atom. The molecule has 1 fully saturated rings. The number of pyridine rings is 1. The Morgan fingerprint density at radius 2 is 2.00 bits per heavy atom. The van der Waals surface area contributed by atoms with Crippen LogP contribution in [0.4, 0.5) is 11.8 Å². The van der Waals surface area contributed by atoms with Crippen molar-refractivity contribution in [3.8, 4) is 6.07 Å². The van der Waals surface area contributed by atoms with Crippen molar-refractivity contribution in [3.63, 3.8) is 0 Å². The van der Waals surface area contributed by atoms with Gasteiger partial charge in [-0.05, 0) is 56.2 Å². The number of hydrogen-bond donors (Lipinski definition) is 3. The second-order valence-electron chi connectivity index (χ2n) is 7.82. The SMILES string of the molecule is Cc1nc(N)nc(NCc2nc3ccn(C)c3cc2C2CCC(N)CC2)c1C#N. The third-order valence-electron chi connectivity index (χ3n) is 5.83. The first-order valence-electron chi connectivity index (χ1n) is 9.94. The minimum Gasteiger partial charge on any atom is -0.368 e. The van der Waals surface area contributed by atoms with Crippen molar-refractivity contribution in [1.29, 1.82) is 5.26 Å². The van der Waals surface area contributed by atoms with E-state index in [0.29, 0.717) is 35.6 Å². The van der Waals surface area contributed by atoms with Crippen molar-refractivity contribution in [2.45, 2.75) is 51.1 Å². The Labute approximate surface area is 170 Å². The van der Waals surface area contributed by atoms with Crippen molar-refractivity contribution in [2.24, 2.45) is 12.8 Å². The highest BCUT2D eigenvalue weighted by Crippen LogP contribution is 2.35. The first-order valence-corrected chi connectivity index (χ1v) is 9.94. The van der Waals surface area contributed by atoms with Gasteiger partial charge in [0.2, 0.25) is 5.95 Å². The zero-order valence-corrected chi connectivity index (χ0v) is 16.8. The maximum atomic E-state index is 9.47. The van der Waals surface area contributed by atoms with E-state index in [1.165, 1.54) is 5.56 Å². The van der Waals surface area contributed by atoms with E-state index in [1.54, 1.807) is 6.92 Å². The van der Waals surface area contributed by atoms with Crippen molar-refractivity contribution in [1.82, 2.24) is 19.5 Å². The van der Waals surface area contributed by atoms with Crippen LogP contribution in [-0.4, -0.2) is 25.6 Å². The van der Waals surface area contributed by atoms with Gasteiger partial charge in [0.25, 0.3) is 0 Å². The monoisotopic (exact) mass is 390 g/mol. The molecule has 0 atom stereocenters. The third kappa shape index (κ3) is 3.74. The van der Waals surface area contributed by atoms with Gasteiger partial charge in [0, 0.05) is 19.3 Å². The van der Waals surface area contributed by atoms with E-state index in [9.17, 15) is 5.26 Å². The van der Waals surface area contributed by atoms with E-state index in [2.05, 4.69) is 32.0 Å². The van der Waals surface area contributed by atoms with E-state index in [4.69, 9.17) is 16.5 Å². The summed E-state index contributed by atoms with van der Waals surface area (Å²) in [5.74, 6) is 1.03. The molecule has 8 heteroatoms. The molecule has 4 rings (SSSR count). The number of aryl methyl sites for hydroxylation is 2. The van der Waals surface area contributed by atoms with Crippen LogP contribution in [0.3, 0.4) is 0 Å². The van der Waals surface area contributed by atoms with E-state index >= 15 is 0 Å². The van der Waals surface area contributed by atoms with Crippen molar-refractivity contribution in [2.75, 3.05) is 11.1 Å². The lowest BCUT2D eigenvalue weighted by molar-refractivity contribution is 0.394. The van der Waals surface area contributed by atoms with E-state index in [0.717, 1.165) is 42.4 Å². The van der Waals surface area contributed by atoms with Gasteiger partial charge in [0.15, 0.2) is 0 Å². The molecule has 8 nitrogen and oxygen atoms in total. The van der Waals surface area contributed by atoms with Crippen LogP contribution in [0.1, 0.15) is 54.1 Å². The van der Waals surface area contributed by atoms with Gasteiger partial charge in [0.1, 0.15) is 17.5 Å². The molecular weight excluding hydrogens is 364 g/mol. The summed E-state index contributed by atoms with van der Waals surface area (Å²) in [5, 5.41) is 12.7. The lowest BCUT2D eigenvalue weighted by Gasteiger charge is -2.28. The number of aromatic nitrogens is 4. The number of nitrogens with one attached hydrogen (secondary N) is 1. The van der Waals surface area contributed by atoms with Gasteiger partial charge in [-0.25, -0.2) is 9.97 Å². The highest BCUT2D eigenvalue weighted by molar-refractivity contribution is 5.77. The second-order valence-corrected chi connectivity index (χ2v) is 7.82. The molecule has 0 aromatic carbocycles. The van der Waals surface area contributed by atoms with Crippen LogP contribution in [0, 0.1) is 18.3 Å². The molecule has 3 aromatic rings. The lowest BCUT2D eigenvalue weighted by atomic mass is 9.81. The van der Waals surface area contributed by atoms with Crippen LogP contribution in [0.25, 0.3) is 11.0 Å². The molecule has 0 unspecified atom stereocenters. The third-order valence-corrected chi connectivity index (χ3v) is 5.83. The van der Waals surface area contributed by atoms with Crippen LogP contribution in [0.15, 0.2) is 18.3 Å². The summed E-state index contributed by atoms with van der Waals surface area (Å²) in [5.41, 5.74) is 17.2. The molecule has 0 amide bonds. The standard InChI is InChI=1S/C21H26N8/c1-12-16(10-22)20(28-21(24)26-12)25-11-18-15(13-3-5-14(23)6-4-13)9-19-17(27-18)7-8-29(19)2/h7-9,13-14H,3-6,11,23H2,1-2H3,(H3,24,25,26,28). The molecule has 150 valence electrons. The highest BCUT2D eigenvalue weighted by Gasteiger charge is 2.24. The number of nitriles is 1. The fourth-order valence-electron chi connectivity index (χ4n) is 4.19. The van der Waals surface area contributed by atoms with E-state index in [1.807, 2.05) is 19.3 Å². The molecule has 0 spiro atoms. The average molecular weight is 390 g/mol. The van der Waals surface area contributed by atoms with Crippen molar-refractivity contribution >= 4 is 22.8 Å². The second kappa shape index (κ2) is 7.68. The van der Waals surface area contributed by atoms with Crippen LogP contribution >= 0.6 is 0 Å². The molecule has 3 heterocycles. The average Bonchev–Trinajstić information content (AvgIpc) is 3.06. The molecule has 1 aliphatic rings. The number of fused-ring (bicyclic) bond motifs is 1. The quantitative estimate of drug-likeness (QED) is 0.624. The molecule has 29 heavy (non-hydrogen) atoms. The molecule has 3 aromatic heterocycles. The van der Waals surface area contributed by atoms with Crippen LogP contribution < -0.4 is 16.8 Å². The van der Waals surface area contributed by atoms with E-state index < -0.39 is 0 Å². The van der Waals surface area contributed by atoms with Gasteiger partial charge >= 0.3 is 0 Å². The van der Waals surface area contributed by atoms with E-state index in [-0.39, 0.29) is 5.95 Å². The van der Waals surface area contributed by atoms with Crippen molar-refractivity contribution < 1.29 is 0 Å². The number of hydrogen-bond acceptors (Lipinski definition) is 7. The number of nitrogens with zero attached hydrogens (tertiary/aromatic N) is 5. The normalized spacial score (nSPS) is 19.2. The Hall–Kier alpha value is -3.18. The number of anilines is 2. The summed E-state index contributed by atoms with van der Waals surface area (Å²) in [6.45, 7) is 2.22. The van der Waals surface area contributed by atoms with Gasteiger partial charge in [-0.2, -0.15) is 10.2 Å². The van der Waals surface area contributed by atoms with Crippen LogP contribution in [-0.2, 0) is 13.6 Å². The molecular formula is C21H26N8. The summed E-state index contributed by atoms with van der Waals surface area (Å²) in [7, 11) is 2.04. The van der Waals surface area contributed by atoms with Crippen LogP contribution in [0.2, 0.25) is 0 Å². The molecule has 1 aliphatic carbocycles. The molecule has 0 aliphatic heterocycles. The smallest absolute Gasteiger partial charge is 0.222 e. The first kappa shape index (κ1) is 19.2. The summed E-state index contributed by atoms with van der Waals surface area (Å²) in [6, 6.07) is 6.73. The summed E-state index contributed by atoms with van der Waals surface area (Å²) >= 11 is 0. The zero-order valence-electron chi connectivity index (χ0n) is 16.8. The highest BCUT2D eigenvalue weighted by atomic mass is 15.1. The number of nitrogen functional groups attached to an aromatic ring is 1. The molecule has 5 N–H and O–H groups in total.